The molecule has 0 spiro atoms. The molecule has 3 nitrogen and oxygen atoms in total. The predicted molar refractivity (Wildman–Crippen MR) is 57.9 cm³/mol. The molecule has 0 bridgehead atoms. The second kappa shape index (κ2) is 4.28. The van der Waals surface area contributed by atoms with Crippen LogP contribution in [0.5, 0.6) is 0 Å². The van der Waals surface area contributed by atoms with Crippen molar-refractivity contribution in [1.82, 2.24) is 10.1 Å². The van der Waals surface area contributed by atoms with Crippen molar-refractivity contribution >= 4 is 6.21 Å². The van der Waals surface area contributed by atoms with Crippen molar-refractivity contribution in [2.24, 2.45) is 5.10 Å². The highest BCUT2D eigenvalue weighted by atomic mass is 15.8. The van der Waals surface area contributed by atoms with E-state index in [1.54, 1.807) is 11.3 Å². The number of hydrazine groups is 1. The van der Waals surface area contributed by atoms with Crippen LogP contribution in [0.3, 0.4) is 0 Å². The molecule has 2 aliphatic rings. The van der Waals surface area contributed by atoms with E-state index < -0.39 is 0 Å². The molecular formula is C11H11N3. The lowest BCUT2D eigenvalue weighted by molar-refractivity contribution is 0.137. The summed E-state index contributed by atoms with van der Waals surface area (Å²) in [6.45, 7) is 0. The van der Waals surface area contributed by atoms with Crippen molar-refractivity contribution in [3.8, 4) is 0 Å². The monoisotopic (exact) mass is 185 g/mol. The Morgan fingerprint density at radius 2 is 1.29 bits per heavy atom. The molecule has 14 heavy (non-hydrogen) atoms. The molecular weight excluding hydrogens is 174 g/mol. The van der Waals surface area contributed by atoms with E-state index in [1.807, 2.05) is 66.1 Å². The van der Waals surface area contributed by atoms with E-state index in [9.17, 15) is 0 Å². The van der Waals surface area contributed by atoms with Gasteiger partial charge in [0.05, 0.1) is 6.21 Å². The van der Waals surface area contributed by atoms with Crippen LogP contribution in [-0.4, -0.2) is 16.3 Å². The Bertz CT molecular complexity index is 323. The summed E-state index contributed by atoms with van der Waals surface area (Å²) >= 11 is 0. The Morgan fingerprint density at radius 1 is 0.643 bits per heavy atom. The number of allylic oxidation sites excluding steroid dienone is 7. The third kappa shape index (κ3) is 2.01. The minimum Gasteiger partial charge on any atom is -0.248 e. The Kier molecular flexibility index (Phi) is 2.62. The smallest absolute Gasteiger partial charge is 0.0510 e. The van der Waals surface area contributed by atoms with Crippen LogP contribution in [0.1, 0.15) is 0 Å². The van der Waals surface area contributed by atoms with Gasteiger partial charge in [0.1, 0.15) is 0 Å². The second-order valence-corrected chi connectivity index (χ2v) is 2.76. The summed E-state index contributed by atoms with van der Waals surface area (Å²) in [7, 11) is 0. The van der Waals surface area contributed by atoms with Crippen LogP contribution in [0.25, 0.3) is 0 Å². The van der Waals surface area contributed by atoms with Crippen molar-refractivity contribution < 1.29 is 0 Å². The topological polar surface area (TPSA) is 18.8 Å². The lowest BCUT2D eigenvalue weighted by Gasteiger charge is -2.26. The van der Waals surface area contributed by atoms with Gasteiger partial charge in [-0.05, 0) is 18.2 Å². The molecule has 2 aliphatic heterocycles. The lowest BCUT2D eigenvalue weighted by Crippen LogP contribution is -2.27. The van der Waals surface area contributed by atoms with Crippen LogP contribution in [0.2, 0.25) is 0 Å². The summed E-state index contributed by atoms with van der Waals surface area (Å²) in [5, 5.41) is 7.82. The van der Waals surface area contributed by atoms with Crippen LogP contribution in [0, 0.1) is 0 Å². The molecule has 0 amide bonds. The summed E-state index contributed by atoms with van der Waals surface area (Å²) in [5.41, 5.74) is 0. The molecule has 0 aromatic heterocycles. The average molecular weight is 185 g/mol. The summed E-state index contributed by atoms with van der Waals surface area (Å²) in [4.78, 5) is 0. The average Bonchev–Trinajstić information content (AvgIpc) is 2.25. The number of hydrogen-bond donors (Lipinski definition) is 0. The molecule has 2 rings (SSSR count). The van der Waals surface area contributed by atoms with Crippen LogP contribution in [0.15, 0.2) is 66.2 Å². The maximum absolute atomic E-state index is 4.18. The molecule has 0 N–H and O–H groups in total. The van der Waals surface area contributed by atoms with Gasteiger partial charge in [0.15, 0.2) is 0 Å². The molecule has 0 saturated heterocycles. The molecule has 0 aromatic rings. The first-order valence-corrected chi connectivity index (χ1v) is 4.43. The first-order chi connectivity index (χ1) is 6.97. The van der Waals surface area contributed by atoms with Crippen molar-refractivity contribution in [1.29, 1.82) is 0 Å². The quantitative estimate of drug-likeness (QED) is 0.576. The van der Waals surface area contributed by atoms with Crippen molar-refractivity contribution in [2.75, 3.05) is 0 Å². The summed E-state index contributed by atoms with van der Waals surface area (Å²) < 4.78 is 0. The predicted octanol–water partition coefficient (Wildman–Crippen LogP) is 2.17. The molecule has 70 valence electrons. The third-order valence-electron chi connectivity index (χ3n) is 1.76. The molecule has 3 heteroatoms. The number of hydrazone groups is 1. The van der Waals surface area contributed by atoms with Gasteiger partial charge in [-0.15, -0.1) is 0 Å². The Morgan fingerprint density at radius 3 is 2.14 bits per heavy atom. The van der Waals surface area contributed by atoms with E-state index in [0.29, 0.717) is 0 Å². The molecule has 0 atom stereocenters. The zero-order valence-corrected chi connectivity index (χ0v) is 7.69. The van der Waals surface area contributed by atoms with Gasteiger partial charge in [0.25, 0.3) is 0 Å². The van der Waals surface area contributed by atoms with E-state index in [2.05, 4.69) is 5.10 Å². The van der Waals surface area contributed by atoms with Crippen molar-refractivity contribution in [2.45, 2.75) is 0 Å². The van der Waals surface area contributed by atoms with Crippen LogP contribution in [0.4, 0.5) is 0 Å². The van der Waals surface area contributed by atoms with E-state index in [0.717, 1.165) is 0 Å². The Labute approximate surface area is 83.3 Å². The number of nitrogens with zero attached hydrogens (tertiary/aromatic N) is 3. The fourth-order valence-corrected chi connectivity index (χ4v) is 1.12. The van der Waals surface area contributed by atoms with E-state index in [1.165, 1.54) is 0 Å². The van der Waals surface area contributed by atoms with Gasteiger partial charge in [-0.1, -0.05) is 24.3 Å². The highest BCUT2D eigenvalue weighted by Crippen LogP contribution is 2.07. The van der Waals surface area contributed by atoms with Crippen molar-refractivity contribution in [3.05, 3.63) is 61.1 Å². The maximum atomic E-state index is 4.18. The van der Waals surface area contributed by atoms with Gasteiger partial charge in [0, 0.05) is 18.6 Å². The third-order valence-corrected chi connectivity index (χ3v) is 1.76. The van der Waals surface area contributed by atoms with Crippen LogP contribution in [-0.2, 0) is 0 Å². The molecule has 0 aliphatic carbocycles. The molecule has 0 radical (unpaired) electrons. The van der Waals surface area contributed by atoms with Gasteiger partial charge >= 0.3 is 0 Å². The zero-order chi connectivity index (χ0) is 9.64. The largest absolute Gasteiger partial charge is 0.248 e. The van der Waals surface area contributed by atoms with E-state index in [4.69, 9.17) is 0 Å². The first-order valence-electron chi connectivity index (χ1n) is 4.43. The van der Waals surface area contributed by atoms with Gasteiger partial charge in [-0.2, -0.15) is 10.2 Å². The minimum absolute atomic E-state index is 1.75. The molecule has 0 saturated carbocycles. The SMILES string of the molecule is C1=CN2/C=C/C=C\C=C\C=C/N2N=C1. The second-order valence-electron chi connectivity index (χ2n) is 2.76. The highest BCUT2D eigenvalue weighted by molar-refractivity contribution is 5.71. The van der Waals surface area contributed by atoms with Crippen LogP contribution >= 0.6 is 0 Å². The van der Waals surface area contributed by atoms with E-state index in [-0.39, 0.29) is 0 Å². The van der Waals surface area contributed by atoms with Crippen molar-refractivity contribution in [3.63, 3.8) is 0 Å². The highest BCUT2D eigenvalue weighted by Gasteiger charge is 2.03. The molecule has 2 heterocycles. The fraction of sp³-hybridized carbons (Fsp3) is 0. The summed E-state index contributed by atoms with van der Waals surface area (Å²) in [6.07, 6.45) is 21.2. The van der Waals surface area contributed by atoms with Gasteiger partial charge in [-0.25, -0.2) is 5.01 Å². The zero-order valence-electron chi connectivity index (χ0n) is 7.69. The standard InChI is InChI=1S/C11H11N3/c1-2-4-6-11-14-12-8-7-10-13(14)9-5-3-1/h1-11H/b3-1-,4-2+,9-5+,11-6-. The van der Waals surface area contributed by atoms with Gasteiger partial charge < -0.3 is 0 Å². The number of rotatable bonds is 0. The van der Waals surface area contributed by atoms with E-state index >= 15 is 0 Å². The Hall–Kier alpha value is -2.03. The maximum Gasteiger partial charge on any atom is 0.0510 e. The fourth-order valence-electron chi connectivity index (χ4n) is 1.12. The number of fused-ring (bicyclic) bond motifs is 1. The molecule has 0 unspecified atom stereocenters. The normalized spacial score (nSPS) is 28.0. The van der Waals surface area contributed by atoms with Gasteiger partial charge in [-0.3, -0.25) is 0 Å². The van der Waals surface area contributed by atoms with Gasteiger partial charge in [0.2, 0.25) is 0 Å². The van der Waals surface area contributed by atoms with Crippen LogP contribution < -0.4 is 0 Å². The summed E-state index contributed by atoms with van der Waals surface area (Å²) in [6, 6.07) is 0. The summed E-state index contributed by atoms with van der Waals surface area (Å²) in [5.74, 6) is 0. The molecule has 0 fully saturated rings. The Balaban J connectivity index is 2.24. The molecule has 0 aromatic carbocycles. The number of hydrogen-bond acceptors (Lipinski definition) is 3. The minimum atomic E-state index is 1.75. The first kappa shape index (κ1) is 8.56. The lowest BCUT2D eigenvalue weighted by atomic mass is 10.4.